The SMILES string of the molecule is CCOC(=O)N(c1ccccc1OC)c1c(C)noc1-c1ccc(-c2ccc(C3(C(=O)O)CC3)cc2)cc1. The first-order valence-corrected chi connectivity index (χ1v) is 12.4. The molecule has 0 saturated heterocycles. The summed E-state index contributed by atoms with van der Waals surface area (Å²) in [5.74, 6) is 0.153. The number of hydrogen-bond donors (Lipinski definition) is 1. The van der Waals surface area contributed by atoms with E-state index in [2.05, 4.69) is 5.16 Å². The molecule has 1 heterocycles. The van der Waals surface area contributed by atoms with Crippen molar-refractivity contribution >= 4 is 23.4 Å². The minimum absolute atomic E-state index is 0.200. The van der Waals surface area contributed by atoms with Crippen LogP contribution in [-0.2, 0) is 14.9 Å². The van der Waals surface area contributed by atoms with Gasteiger partial charge < -0.3 is 19.1 Å². The summed E-state index contributed by atoms with van der Waals surface area (Å²) in [4.78, 5) is 26.2. The first-order chi connectivity index (χ1) is 18.4. The van der Waals surface area contributed by atoms with E-state index in [-0.39, 0.29) is 6.61 Å². The zero-order valence-corrected chi connectivity index (χ0v) is 21.4. The molecule has 0 atom stereocenters. The second-order valence-electron chi connectivity index (χ2n) is 9.19. The molecule has 1 aromatic heterocycles. The van der Waals surface area contributed by atoms with Gasteiger partial charge in [-0.3, -0.25) is 4.79 Å². The number of nitrogens with zero attached hydrogens (tertiary/aromatic N) is 2. The summed E-state index contributed by atoms with van der Waals surface area (Å²) in [5, 5.41) is 13.7. The number of anilines is 2. The van der Waals surface area contributed by atoms with Crippen molar-refractivity contribution in [3.8, 4) is 28.2 Å². The van der Waals surface area contributed by atoms with Crippen LogP contribution in [0.1, 0.15) is 31.0 Å². The molecule has 0 radical (unpaired) electrons. The predicted molar refractivity (Wildman–Crippen MR) is 143 cm³/mol. The van der Waals surface area contributed by atoms with Crippen LogP contribution in [0, 0.1) is 6.92 Å². The van der Waals surface area contributed by atoms with Crippen molar-refractivity contribution in [3.05, 3.63) is 84.1 Å². The van der Waals surface area contributed by atoms with Crippen LogP contribution >= 0.6 is 0 Å². The predicted octanol–water partition coefficient (Wildman–Crippen LogP) is 6.74. The van der Waals surface area contributed by atoms with Crippen molar-refractivity contribution in [2.24, 2.45) is 0 Å². The fourth-order valence-electron chi connectivity index (χ4n) is 4.68. The Morgan fingerprint density at radius 2 is 1.58 bits per heavy atom. The number of ether oxygens (including phenoxy) is 2. The van der Waals surface area contributed by atoms with Gasteiger partial charge in [0.1, 0.15) is 17.1 Å². The van der Waals surface area contributed by atoms with Crippen molar-refractivity contribution in [1.82, 2.24) is 5.16 Å². The van der Waals surface area contributed by atoms with E-state index in [1.54, 1.807) is 33.1 Å². The zero-order chi connectivity index (χ0) is 26.9. The average Bonchev–Trinajstić information content (AvgIpc) is 3.68. The normalized spacial score (nSPS) is 13.6. The lowest BCUT2D eigenvalue weighted by Gasteiger charge is -2.23. The van der Waals surface area contributed by atoms with Crippen molar-refractivity contribution < 1.29 is 28.7 Å². The van der Waals surface area contributed by atoms with Crippen molar-refractivity contribution in [1.29, 1.82) is 0 Å². The zero-order valence-electron chi connectivity index (χ0n) is 21.4. The van der Waals surface area contributed by atoms with Crippen LogP contribution in [0.2, 0.25) is 0 Å². The smallest absolute Gasteiger partial charge is 0.419 e. The molecule has 1 aliphatic carbocycles. The van der Waals surface area contributed by atoms with Crippen LogP contribution in [0.15, 0.2) is 77.3 Å². The highest BCUT2D eigenvalue weighted by molar-refractivity contribution is 6.01. The summed E-state index contributed by atoms with van der Waals surface area (Å²) in [6.07, 6.45) is 0.774. The van der Waals surface area contributed by atoms with E-state index in [4.69, 9.17) is 14.0 Å². The number of carboxylic acids is 1. The molecule has 0 unspecified atom stereocenters. The van der Waals surface area contributed by atoms with E-state index in [1.165, 1.54) is 4.90 Å². The maximum Gasteiger partial charge on any atom is 0.419 e. The van der Waals surface area contributed by atoms with Gasteiger partial charge in [0, 0.05) is 5.56 Å². The standard InChI is InChI=1S/C30H28N2O6/c1-4-37-29(35)32(24-7-5-6-8-25(24)36-3)26-19(2)31-38-27(26)22-11-9-20(10-12-22)21-13-15-23(16-14-21)30(17-18-30)28(33)34/h5-16H,4,17-18H2,1-3H3,(H,33,34). The molecule has 1 amide bonds. The summed E-state index contributed by atoms with van der Waals surface area (Å²) in [7, 11) is 1.54. The number of aliphatic carboxylic acids is 1. The maximum absolute atomic E-state index is 13.2. The third-order valence-corrected chi connectivity index (χ3v) is 6.91. The van der Waals surface area contributed by atoms with Crippen LogP contribution in [0.3, 0.4) is 0 Å². The van der Waals surface area contributed by atoms with Gasteiger partial charge in [0.05, 0.1) is 24.8 Å². The molecule has 38 heavy (non-hydrogen) atoms. The Morgan fingerprint density at radius 1 is 0.974 bits per heavy atom. The van der Waals surface area contributed by atoms with Crippen LogP contribution < -0.4 is 9.64 Å². The Balaban J connectivity index is 1.49. The number of carbonyl (C=O) groups excluding carboxylic acids is 1. The Hall–Kier alpha value is -4.59. The molecule has 3 aromatic carbocycles. The fraction of sp³-hybridized carbons (Fsp3) is 0.233. The number of benzene rings is 3. The number of carbonyl (C=O) groups is 2. The average molecular weight is 513 g/mol. The molecule has 8 nitrogen and oxygen atoms in total. The second kappa shape index (κ2) is 10.0. The van der Waals surface area contributed by atoms with Crippen LogP contribution in [0.4, 0.5) is 16.2 Å². The van der Waals surface area contributed by atoms with Crippen molar-refractivity contribution in [2.45, 2.75) is 32.1 Å². The van der Waals surface area contributed by atoms with Gasteiger partial charge in [0.2, 0.25) is 0 Å². The van der Waals surface area contributed by atoms with Gasteiger partial charge in [-0.25, -0.2) is 9.69 Å². The van der Waals surface area contributed by atoms with Gasteiger partial charge in [0.25, 0.3) is 0 Å². The largest absolute Gasteiger partial charge is 0.495 e. The topological polar surface area (TPSA) is 102 Å². The summed E-state index contributed by atoms with van der Waals surface area (Å²) < 4.78 is 16.6. The monoisotopic (exact) mass is 512 g/mol. The third-order valence-electron chi connectivity index (χ3n) is 6.91. The minimum atomic E-state index is -0.766. The number of para-hydroxylation sites is 2. The van der Waals surface area contributed by atoms with Gasteiger partial charge in [-0.1, -0.05) is 65.8 Å². The number of hydrogen-bond acceptors (Lipinski definition) is 6. The molecule has 5 rings (SSSR count). The Kier molecular flexibility index (Phi) is 6.63. The number of aromatic nitrogens is 1. The fourth-order valence-corrected chi connectivity index (χ4v) is 4.68. The van der Waals surface area contributed by atoms with E-state index < -0.39 is 17.5 Å². The van der Waals surface area contributed by atoms with Crippen LogP contribution in [0.25, 0.3) is 22.5 Å². The van der Waals surface area contributed by atoms with Gasteiger partial charge in [-0.2, -0.15) is 0 Å². The number of methoxy groups -OCH3 is 1. The molecular formula is C30H28N2O6. The lowest BCUT2D eigenvalue weighted by Crippen LogP contribution is -2.28. The Labute approximate surface area is 220 Å². The van der Waals surface area contributed by atoms with E-state index in [0.717, 1.165) is 22.3 Å². The lowest BCUT2D eigenvalue weighted by molar-refractivity contribution is -0.140. The number of aryl methyl sites for hydroxylation is 1. The summed E-state index contributed by atoms with van der Waals surface area (Å²) in [6.45, 7) is 3.71. The van der Waals surface area contributed by atoms with Crippen molar-refractivity contribution in [3.63, 3.8) is 0 Å². The van der Waals surface area contributed by atoms with Crippen LogP contribution in [-0.4, -0.2) is 36.0 Å². The molecule has 0 aliphatic heterocycles. The quantitative estimate of drug-likeness (QED) is 0.279. The molecule has 194 valence electrons. The van der Waals surface area contributed by atoms with E-state index in [9.17, 15) is 14.7 Å². The van der Waals surface area contributed by atoms with Crippen molar-refractivity contribution in [2.75, 3.05) is 18.6 Å². The maximum atomic E-state index is 13.2. The molecule has 1 fully saturated rings. The first kappa shape index (κ1) is 25.1. The molecule has 8 heteroatoms. The molecule has 1 aliphatic rings. The Morgan fingerprint density at radius 3 is 2.16 bits per heavy atom. The summed E-state index contributed by atoms with van der Waals surface area (Å²) in [6, 6.07) is 22.6. The molecule has 1 saturated carbocycles. The van der Waals surface area contributed by atoms with Gasteiger partial charge in [-0.15, -0.1) is 0 Å². The highest BCUT2D eigenvalue weighted by Gasteiger charge is 2.51. The molecule has 0 spiro atoms. The number of carboxylic acid groups (broad SMARTS) is 1. The third kappa shape index (κ3) is 4.38. The minimum Gasteiger partial charge on any atom is -0.495 e. The lowest BCUT2D eigenvalue weighted by atomic mass is 9.93. The summed E-state index contributed by atoms with van der Waals surface area (Å²) >= 11 is 0. The van der Waals surface area contributed by atoms with E-state index in [0.29, 0.717) is 41.4 Å². The Bertz CT molecular complexity index is 1470. The first-order valence-electron chi connectivity index (χ1n) is 12.4. The summed E-state index contributed by atoms with van der Waals surface area (Å²) in [5.41, 5.74) is 4.26. The highest BCUT2D eigenvalue weighted by atomic mass is 16.6. The number of rotatable bonds is 8. The number of amides is 1. The van der Waals surface area contributed by atoms with Gasteiger partial charge >= 0.3 is 12.1 Å². The van der Waals surface area contributed by atoms with Crippen LogP contribution in [0.5, 0.6) is 5.75 Å². The molecule has 1 N–H and O–H groups in total. The van der Waals surface area contributed by atoms with E-state index >= 15 is 0 Å². The molecular weight excluding hydrogens is 484 g/mol. The van der Waals surface area contributed by atoms with E-state index in [1.807, 2.05) is 60.7 Å². The van der Waals surface area contributed by atoms with Gasteiger partial charge in [0.15, 0.2) is 5.76 Å². The van der Waals surface area contributed by atoms with Gasteiger partial charge in [-0.05, 0) is 55.5 Å². The second-order valence-corrected chi connectivity index (χ2v) is 9.19. The highest BCUT2D eigenvalue weighted by Crippen LogP contribution is 2.48. The molecule has 0 bridgehead atoms. The molecule has 4 aromatic rings.